The van der Waals surface area contributed by atoms with Gasteiger partial charge in [-0.05, 0) is 6.42 Å². The van der Waals surface area contributed by atoms with Crippen LogP contribution in [0.25, 0.3) is 0 Å². The van der Waals surface area contributed by atoms with E-state index in [1.807, 2.05) is 0 Å². The van der Waals surface area contributed by atoms with Crippen LogP contribution in [0.5, 0.6) is 0 Å². The molecule has 0 radical (unpaired) electrons. The summed E-state index contributed by atoms with van der Waals surface area (Å²) in [5, 5.41) is 4.75. The van der Waals surface area contributed by atoms with Gasteiger partial charge in [-0.25, -0.2) is 0 Å². The Hall–Kier alpha value is -1.03. The van der Waals surface area contributed by atoms with Crippen LogP contribution >= 0.6 is 11.6 Å². The van der Waals surface area contributed by atoms with Gasteiger partial charge in [-0.3, -0.25) is 14.4 Å². The first-order valence-electron chi connectivity index (χ1n) is 6.03. The van der Waals surface area contributed by atoms with Crippen molar-refractivity contribution in [3.8, 4) is 0 Å². The van der Waals surface area contributed by atoms with Crippen LogP contribution in [0.15, 0.2) is 6.20 Å². The highest BCUT2D eigenvalue weighted by atomic mass is 35.5. The van der Waals surface area contributed by atoms with Gasteiger partial charge in [0.25, 0.3) is 0 Å². The molecule has 1 rings (SSSR count). The summed E-state index contributed by atoms with van der Waals surface area (Å²) in [7, 11) is 1.80. The number of rotatable bonds is 6. The molecule has 4 nitrogen and oxygen atoms in total. The second-order valence-corrected chi connectivity index (χ2v) is 4.61. The molecule has 1 aromatic rings. The molecule has 5 heteroatoms. The summed E-state index contributed by atoms with van der Waals surface area (Å²) in [6.45, 7) is 4.40. The molecule has 1 amide bonds. The number of carbonyl (C=O) groups excluding carboxylic acids is 1. The van der Waals surface area contributed by atoms with Gasteiger partial charge in [-0.15, -0.1) is 0 Å². The lowest BCUT2D eigenvalue weighted by atomic mass is 10.2. The Kier molecular flexibility index (Phi) is 5.48. The van der Waals surface area contributed by atoms with Crippen molar-refractivity contribution in [3.05, 3.63) is 11.2 Å². The maximum absolute atomic E-state index is 11.6. The fourth-order valence-electron chi connectivity index (χ4n) is 1.74. The molecule has 17 heavy (non-hydrogen) atoms. The number of aromatic nitrogens is 2. The van der Waals surface area contributed by atoms with Crippen molar-refractivity contribution < 1.29 is 4.79 Å². The molecule has 0 saturated heterocycles. The number of hydrogen-bond acceptors (Lipinski definition) is 2. The van der Waals surface area contributed by atoms with Crippen LogP contribution in [0.3, 0.4) is 0 Å². The van der Waals surface area contributed by atoms with Crippen LogP contribution in [0.1, 0.15) is 39.5 Å². The fraction of sp³-hybridized carbons (Fsp3) is 0.667. The zero-order valence-corrected chi connectivity index (χ0v) is 11.5. The number of anilines is 1. The first-order valence-corrected chi connectivity index (χ1v) is 6.41. The van der Waals surface area contributed by atoms with E-state index in [0.717, 1.165) is 12.8 Å². The highest BCUT2D eigenvalue weighted by Gasteiger charge is 2.17. The molecular formula is C12H20ClN3O. The predicted octanol–water partition coefficient (Wildman–Crippen LogP) is 3.01. The van der Waals surface area contributed by atoms with Crippen molar-refractivity contribution in [1.29, 1.82) is 0 Å². The van der Waals surface area contributed by atoms with Gasteiger partial charge >= 0.3 is 0 Å². The summed E-state index contributed by atoms with van der Waals surface area (Å²) >= 11 is 6.05. The van der Waals surface area contributed by atoms with Crippen LogP contribution < -0.4 is 4.90 Å². The van der Waals surface area contributed by atoms with E-state index in [2.05, 4.69) is 12.0 Å². The van der Waals surface area contributed by atoms with Crippen LogP contribution in [-0.2, 0) is 11.8 Å². The Morgan fingerprint density at radius 2 is 2.18 bits per heavy atom. The maximum Gasteiger partial charge on any atom is 0.225 e. The van der Waals surface area contributed by atoms with E-state index in [1.54, 1.807) is 29.7 Å². The van der Waals surface area contributed by atoms with Gasteiger partial charge in [0.1, 0.15) is 5.02 Å². The Labute approximate surface area is 108 Å². The van der Waals surface area contributed by atoms with E-state index >= 15 is 0 Å². The molecule has 0 aromatic carbocycles. The van der Waals surface area contributed by atoms with Crippen LogP contribution in [0.4, 0.5) is 5.82 Å². The zero-order chi connectivity index (χ0) is 12.8. The summed E-state index contributed by atoms with van der Waals surface area (Å²) in [4.78, 5) is 13.2. The van der Waals surface area contributed by atoms with Gasteiger partial charge in [0.2, 0.25) is 5.91 Å². The lowest BCUT2D eigenvalue weighted by molar-refractivity contribution is -0.116. The molecule has 1 aromatic heterocycles. The van der Waals surface area contributed by atoms with E-state index in [1.165, 1.54) is 12.8 Å². The van der Waals surface area contributed by atoms with E-state index < -0.39 is 0 Å². The standard InChI is InChI=1S/C12H20ClN3O/c1-4-5-6-7-8-16(10(2)17)12-11(13)9-15(3)14-12/h9H,4-8H2,1-3H3. The monoisotopic (exact) mass is 257 g/mol. The van der Waals surface area contributed by atoms with Gasteiger partial charge in [0.15, 0.2) is 5.82 Å². The second-order valence-electron chi connectivity index (χ2n) is 4.21. The van der Waals surface area contributed by atoms with Crippen LogP contribution in [-0.4, -0.2) is 22.2 Å². The molecule has 0 atom stereocenters. The summed E-state index contributed by atoms with van der Waals surface area (Å²) in [6.07, 6.45) is 6.20. The Balaban J connectivity index is 2.66. The Morgan fingerprint density at radius 3 is 2.65 bits per heavy atom. The van der Waals surface area contributed by atoms with Crippen molar-refractivity contribution in [2.24, 2.45) is 7.05 Å². The maximum atomic E-state index is 11.6. The minimum absolute atomic E-state index is 0.0119. The van der Waals surface area contributed by atoms with Gasteiger partial charge in [-0.1, -0.05) is 37.8 Å². The third kappa shape index (κ3) is 4.04. The second kappa shape index (κ2) is 6.64. The molecule has 1 heterocycles. The summed E-state index contributed by atoms with van der Waals surface area (Å²) in [5.74, 6) is 0.556. The largest absolute Gasteiger partial charge is 0.294 e. The molecule has 0 fully saturated rings. The average Bonchev–Trinajstić information content (AvgIpc) is 2.57. The summed E-state index contributed by atoms with van der Waals surface area (Å²) < 4.78 is 1.62. The van der Waals surface area contributed by atoms with Crippen LogP contribution in [0.2, 0.25) is 5.02 Å². The first kappa shape index (κ1) is 14.0. The quantitative estimate of drug-likeness (QED) is 0.735. The third-order valence-electron chi connectivity index (χ3n) is 2.64. The fourth-order valence-corrected chi connectivity index (χ4v) is 2.02. The highest BCUT2D eigenvalue weighted by Crippen LogP contribution is 2.23. The predicted molar refractivity (Wildman–Crippen MR) is 70.4 cm³/mol. The molecule has 0 N–H and O–H groups in total. The van der Waals surface area contributed by atoms with Gasteiger partial charge in [0, 0.05) is 26.7 Å². The minimum atomic E-state index is -0.0119. The Bertz CT molecular complexity index is 376. The minimum Gasteiger partial charge on any atom is -0.294 e. The molecule has 0 aliphatic carbocycles. The summed E-state index contributed by atoms with van der Waals surface area (Å²) in [5.41, 5.74) is 0. The average molecular weight is 258 g/mol. The number of halogens is 1. The number of nitrogens with zero attached hydrogens (tertiary/aromatic N) is 3. The Morgan fingerprint density at radius 1 is 1.47 bits per heavy atom. The number of carbonyl (C=O) groups is 1. The van der Waals surface area contributed by atoms with Crippen LogP contribution in [0, 0.1) is 0 Å². The highest BCUT2D eigenvalue weighted by molar-refractivity contribution is 6.33. The summed E-state index contributed by atoms with van der Waals surface area (Å²) in [6, 6.07) is 0. The van der Waals surface area contributed by atoms with Crippen molar-refractivity contribution in [1.82, 2.24) is 9.78 Å². The third-order valence-corrected chi connectivity index (χ3v) is 2.90. The van der Waals surface area contributed by atoms with Crippen molar-refractivity contribution in [3.63, 3.8) is 0 Å². The molecule has 0 aliphatic heterocycles. The lowest BCUT2D eigenvalue weighted by Gasteiger charge is -2.18. The molecule has 0 aliphatic rings. The number of amides is 1. The topological polar surface area (TPSA) is 38.1 Å². The van der Waals surface area contributed by atoms with E-state index in [4.69, 9.17) is 11.6 Å². The molecular weight excluding hydrogens is 238 g/mol. The van der Waals surface area contributed by atoms with Crippen molar-refractivity contribution in [2.45, 2.75) is 39.5 Å². The SMILES string of the molecule is CCCCCCN(C(C)=O)c1nn(C)cc1Cl. The first-order chi connectivity index (χ1) is 8.06. The molecule has 0 saturated carbocycles. The van der Waals surface area contributed by atoms with Crippen molar-refractivity contribution >= 4 is 23.3 Å². The van der Waals surface area contributed by atoms with E-state index in [0.29, 0.717) is 17.4 Å². The number of hydrogen-bond donors (Lipinski definition) is 0. The zero-order valence-electron chi connectivity index (χ0n) is 10.7. The molecule has 0 bridgehead atoms. The van der Waals surface area contributed by atoms with Crippen molar-refractivity contribution in [2.75, 3.05) is 11.4 Å². The van der Waals surface area contributed by atoms with Gasteiger partial charge in [-0.2, -0.15) is 5.10 Å². The molecule has 0 unspecified atom stereocenters. The van der Waals surface area contributed by atoms with E-state index in [9.17, 15) is 4.79 Å². The van der Waals surface area contributed by atoms with E-state index in [-0.39, 0.29) is 5.91 Å². The lowest BCUT2D eigenvalue weighted by Crippen LogP contribution is -2.30. The van der Waals surface area contributed by atoms with Gasteiger partial charge in [0.05, 0.1) is 0 Å². The van der Waals surface area contributed by atoms with Gasteiger partial charge < -0.3 is 0 Å². The number of unbranched alkanes of at least 4 members (excludes halogenated alkanes) is 3. The normalized spacial score (nSPS) is 10.6. The smallest absolute Gasteiger partial charge is 0.225 e. The molecule has 0 spiro atoms. The number of aryl methyl sites for hydroxylation is 1. The molecule has 96 valence electrons.